The number of rotatable bonds is 24. The van der Waals surface area contributed by atoms with Crippen LogP contribution in [0.25, 0.3) is 21.5 Å². The highest BCUT2D eigenvalue weighted by Gasteiger charge is 2.13. The molecule has 0 aromatic heterocycles. The van der Waals surface area contributed by atoms with E-state index in [2.05, 4.69) is 64.1 Å². The Bertz CT molecular complexity index is 1060. The van der Waals surface area contributed by atoms with E-state index in [9.17, 15) is 0 Å². The highest BCUT2D eigenvalue weighted by atomic mass is 16.5. The van der Waals surface area contributed by atoms with E-state index in [1.165, 1.54) is 77.0 Å². The smallest absolute Gasteiger partial charge is 0.130 e. The van der Waals surface area contributed by atoms with Gasteiger partial charge in [0.05, 0.1) is 26.4 Å². The zero-order valence-corrected chi connectivity index (χ0v) is 27.2. The predicted octanol–water partition coefficient (Wildman–Crippen LogP) is 11.8. The molecule has 0 aliphatic carbocycles. The van der Waals surface area contributed by atoms with Gasteiger partial charge < -0.3 is 18.9 Å². The van der Waals surface area contributed by atoms with Gasteiger partial charge in [0.25, 0.3) is 0 Å². The average Bonchev–Trinajstić information content (AvgIpc) is 3.00. The van der Waals surface area contributed by atoms with Crippen molar-refractivity contribution in [2.45, 2.75) is 130 Å². The summed E-state index contributed by atoms with van der Waals surface area (Å²) in [5.41, 5.74) is 0. The molecule has 42 heavy (non-hydrogen) atoms. The molecule has 0 spiro atoms. The molecule has 0 amide bonds. The van der Waals surface area contributed by atoms with Crippen LogP contribution in [0.3, 0.4) is 0 Å². The van der Waals surface area contributed by atoms with Crippen molar-refractivity contribution in [3.63, 3.8) is 0 Å². The first-order chi connectivity index (χ1) is 20.7. The number of hydrogen-bond donors (Lipinski definition) is 0. The molecule has 0 unspecified atom stereocenters. The molecule has 3 aromatic rings. The Kier molecular flexibility index (Phi) is 16.4. The summed E-state index contributed by atoms with van der Waals surface area (Å²) in [5.74, 6) is 3.58. The fourth-order valence-electron chi connectivity index (χ4n) is 5.37. The van der Waals surface area contributed by atoms with Crippen molar-refractivity contribution in [3.05, 3.63) is 36.4 Å². The molecule has 0 aliphatic heterocycles. The molecule has 0 saturated heterocycles. The molecule has 234 valence electrons. The third-order valence-corrected chi connectivity index (χ3v) is 7.94. The van der Waals surface area contributed by atoms with Gasteiger partial charge in [-0.2, -0.15) is 0 Å². The van der Waals surface area contributed by atoms with Gasteiger partial charge in [-0.05, 0) is 60.7 Å². The highest BCUT2D eigenvalue weighted by Crippen LogP contribution is 2.39. The summed E-state index contributed by atoms with van der Waals surface area (Å²) in [6.45, 7) is 11.9. The fraction of sp³-hybridized carbons (Fsp3) is 0.632. The molecule has 3 rings (SSSR count). The normalized spacial score (nSPS) is 11.3. The van der Waals surface area contributed by atoms with Gasteiger partial charge in [0.15, 0.2) is 0 Å². The van der Waals surface area contributed by atoms with Crippen molar-refractivity contribution in [2.75, 3.05) is 26.4 Å². The highest BCUT2D eigenvalue weighted by molar-refractivity contribution is 6.04. The number of ether oxygens (including phenoxy) is 4. The Hall–Kier alpha value is -2.62. The summed E-state index contributed by atoms with van der Waals surface area (Å²) in [4.78, 5) is 0. The maximum atomic E-state index is 6.42. The molecule has 0 N–H and O–H groups in total. The predicted molar refractivity (Wildman–Crippen MR) is 180 cm³/mol. The molecule has 3 aromatic carbocycles. The second kappa shape index (κ2) is 20.3. The zero-order chi connectivity index (χ0) is 29.8. The lowest BCUT2D eigenvalue weighted by atomic mass is 10.0. The minimum Gasteiger partial charge on any atom is -0.493 e. The minimum atomic E-state index is 0.722. The van der Waals surface area contributed by atoms with Crippen molar-refractivity contribution >= 4 is 21.5 Å². The van der Waals surface area contributed by atoms with Crippen LogP contribution < -0.4 is 18.9 Å². The maximum Gasteiger partial charge on any atom is 0.130 e. The Morgan fingerprint density at radius 1 is 0.357 bits per heavy atom. The average molecular weight is 579 g/mol. The van der Waals surface area contributed by atoms with E-state index in [4.69, 9.17) is 18.9 Å². The van der Waals surface area contributed by atoms with E-state index in [0.29, 0.717) is 0 Å². The minimum absolute atomic E-state index is 0.722. The van der Waals surface area contributed by atoms with Gasteiger partial charge in [0, 0.05) is 22.9 Å². The lowest BCUT2D eigenvalue weighted by molar-refractivity contribution is 0.292. The summed E-state index contributed by atoms with van der Waals surface area (Å²) < 4.78 is 25.3. The molecule has 0 saturated carbocycles. The van der Waals surface area contributed by atoms with Gasteiger partial charge in [-0.3, -0.25) is 0 Å². The van der Waals surface area contributed by atoms with Crippen LogP contribution in [0.1, 0.15) is 130 Å². The van der Waals surface area contributed by atoms with Gasteiger partial charge >= 0.3 is 0 Å². The maximum absolute atomic E-state index is 6.42. The summed E-state index contributed by atoms with van der Waals surface area (Å²) in [5, 5.41) is 4.48. The first kappa shape index (κ1) is 33.9. The van der Waals surface area contributed by atoms with Crippen LogP contribution in [0.5, 0.6) is 23.0 Å². The Labute approximate surface area is 256 Å². The quantitative estimate of drug-likeness (QED) is 0.0782. The largest absolute Gasteiger partial charge is 0.493 e. The van der Waals surface area contributed by atoms with E-state index in [0.717, 1.165) is 96.7 Å². The molecular formula is C38H58O4. The van der Waals surface area contributed by atoms with E-state index in [1.807, 2.05) is 0 Å². The second-order valence-corrected chi connectivity index (χ2v) is 11.8. The monoisotopic (exact) mass is 578 g/mol. The number of unbranched alkanes of at least 4 members (excludes halogenated alkanes) is 12. The van der Waals surface area contributed by atoms with Crippen LogP contribution in [0, 0.1) is 0 Å². The second-order valence-electron chi connectivity index (χ2n) is 11.8. The zero-order valence-electron chi connectivity index (χ0n) is 27.2. The first-order valence-corrected chi connectivity index (χ1v) is 17.3. The standard InChI is InChI=1S/C38H58O4/c1-5-9-13-17-21-39-33-25-31-27-36-32(28-35(31)37(29-33)41-23-19-15-11-7-3)26-34(40-22-18-14-10-6-2)30-38(36)42-24-20-16-12-8-4/h25-30H,5-24H2,1-4H3. The molecule has 0 heterocycles. The van der Waals surface area contributed by atoms with Crippen molar-refractivity contribution in [3.8, 4) is 23.0 Å². The Balaban J connectivity index is 1.93. The molecular weight excluding hydrogens is 520 g/mol. The van der Waals surface area contributed by atoms with Gasteiger partial charge in [0.1, 0.15) is 23.0 Å². The lowest BCUT2D eigenvalue weighted by Crippen LogP contribution is -2.02. The van der Waals surface area contributed by atoms with Gasteiger partial charge in [-0.15, -0.1) is 0 Å². The molecule has 0 bridgehead atoms. The molecule has 4 heteroatoms. The summed E-state index contributed by atoms with van der Waals surface area (Å²) in [6, 6.07) is 13.0. The third-order valence-electron chi connectivity index (χ3n) is 7.94. The van der Waals surface area contributed by atoms with E-state index < -0.39 is 0 Å². The topological polar surface area (TPSA) is 36.9 Å². The van der Waals surface area contributed by atoms with Crippen LogP contribution in [0.2, 0.25) is 0 Å². The molecule has 0 fully saturated rings. The third kappa shape index (κ3) is 11.6. The van der Waals surface area contributed by atoms with Crippen LogP contribution in [-0.2, 0) is 0 Å². The van der Waals surface area contributed by atoms with Crippen molar-refractivity contribution in [2.24, 2.45) is 0 Å². The Morgan fingerprint density at radius 3 is 1.02 bits per heavy atom. The van der Waals surface area contributed by atoms with Gasteiger partial charge in [-0.1, -0.05) is 105 Å². The molecule has 0 radical (unpaired) electrons. The van der Waals surface area contributed by atoms with Gasteiger partial charge in [-0.25, -0.2) is 0 Å². The lowest BCUT2D eigenvalue weighted by Gasteiger charge is -2.17. The fourth-order valence-corrected chi connectivity index (χ4v) is 5.37. The Morgan fingerprint density at radius 2 is 0.690 bits per heavy atom. The molecule has 4 nitrogen and oxygen atoms in total. The SMILES string of the molecule is CCCCCCOc1cc(OCCCCCC)c2cc3cc(OCCCCCC)cc(OCCCCCC)c3cc2c1. The molecule has 0 atom stereocenters. The van der Waals surface area contributed by atoms with Crippen LogP contribution in [-0.4, -0.2) is 26.4 Å². The van der Waals surface area contributed by atoms with E-state index in [-0.39, 0.29) is 0 Å². The van der Waals surface area contributed by atoms with Crippen molar-refractivity contribution in [1.29, 1.82) is 0 Å². The summed E-state index contributed by atoms with van der Waals surface area (Å²) >= 11 is 0. The van der Waals surface area contributed by atoms with E-state index >= 15 is 0 Å². The van der Waals surface area contributed by atoms with E-state index in [1.54, 1.807) is 0 Å². The van der Waals surface area contributed by atoms with Crippen LogP contribution >= 0.6 is 0 Å². The van der Waals surface area contributed by atoms with Gasteiger partial charge in [0.2, 0.25) is 0 Å². The molecule has 0 aliphatic rings. The van der Waals surface area contributed by atoms with Crippen molar-refractivity contribution < 1.29 is 18.9 Å². The van der Waals surface area contributed by atoms with Crippen molar-refractivity contribution in [1.82, 2.24) is 0 Å². The summed E-state index contributed by atoms with van der Waals surface area (Å²) in [7, 11) is 0. The van der Waals surface area contributed by atoms with Crippen LogP contribution in [0.15, 0.2) is 36.4 Å². The van der Waals surface area contributed by atoms with Crippen LogP contribution in [0.4, 0.5) is 0 Å². The summed E-state index contributed by atoms with van der Waals surface area (Å²) in [6.07, 6.45) is 19.0. The first-order valence-electron chi connectivity index (χ1n) is 17.3. The number of benzene rings is 3. The number of fused-ring (bicyclic) bond motifs is 2. The number of hydrogen-bond acceptors (Lipinski definition) is 4.